The lowest BCUT2D eigenvalue weighted by Crippen LogP contribution is -2.45. The van der Waals surface area contributed by atoms with Gasteiger partial charge in [0, 0.05) is 0 Å². The predicted molar refractivity (Wildman–Crippen MR) is 94.2 cm³/mol. The third kappa shape index (κ3) is 5.54. The van der Waals surface area contributed by atoms with Crippen LogP contribution in [0.2, 0.25) is 0 Å². The van der Waals surface area contributed by atoms with Crippen LogP contribution in [0.1, 0.15) is 31.0 Å². The van der Waals surface area contributed by atoms with Crippen molar-refractivity contribution in [1.82, 2.24) is 10.0 Å². The molecule has 0 saturated carbocycles. The summed E-state index contributed by atoms with van der Waals surface area (Å²) in [6.45, 7) is 3.06. The largest absolute Gasteiger partial charge is 0.416 e. The average Bonchev–Trinajstić information content (AvgIpc) is 2.61. The van der Waals surface area contributed by atoms with Gasteiger partial charge in [-0.3, -0.25) is 4.79 Å². The molecule has 2 atom stereocenters. The molecule has 2 rings (SSSR count). The van der Waals surface area contributed by atoms with Crippen LogP contribution in [0.5, 0.6) is 0 Å². The molecule has 1 amide bonds. The van der Waals surface area contributed by atoms with Gasteiger partial charge in [0.05, 0.1) is 22.5 Å². The first kappa shape index (κ1) is 20.9. The zero-order valence-corrected chi connectivity index (χ0v) is 15.4. The second-order valence-electron chi connectivity index (χ2n) is 6.01. The number of benzene rings is 2. The molecule has 0 heterocycles. The second-order valence-corrected chi connectivity index (χ2v) is 7.72. The maximum absolute atomic E-state index is 12.8. The molecule has 5 nitrogen and oxygen atoms in total. The Kier molecular flexibility index (Phi) is 6.27. The summed E-state index contributed by atoms with van der Waals surface area (Å²) in [4.78, 5) is 11.7. The van der Waals surface area contributed by atoms with Crippen LogP contribution in [0.4, 0.5) is 13.2 Å². The molecule has 2 aromatic rings. The standard InChI is InChI=1S/C18H19F3N2O3S/c1-12(14-7-4-3-5-8-14)22-17(24)13(2)23-27(25,26)16-10-6-9-15(11-16)18(19,20)21/h3-13,23H,1-2H3,(H,22,24). The first-order valence-electron chi connectivity index (χ1n) is 8.05. The summed E-state index contributed by atoms with van der Waals surface area (Å²) in [5.74, 6) is -0.595. The van der Waals surface area contributed by atoms with Crippen LogP contribution < -0.4 is 10.0 Å². The van der Waals surface area contributed by atoms with E-state index in [2.05, 4.69) is 10.0 Å². The summed E-state index contributed by atoms with van der Waals surface area (Å²) < 4.78 is 65.1. The van der Waals surface area contributed by atoms with E-state index < -0.39 is 38.6 Å². The minimum absolute atomic E-state index is 0.362. The number of hydrogen-bond acceptors (Lipinski definition) is 3. The van der Waals surface area contributed by atoms with Gasteiger partial charge in [-0.2, -0.15) is 17.9 Å². The molecule has 146 valence electrons. The molecule has 2 aromatic carbocycles. The van der Waals surface area contributed by atoms with Gasteiger partial charge in [-0.15, -0.1) is 0 Å². The van der Waals surface area contributed by atoms with E-state index in [1.54, 1.807) is 19.1 Å². The first-order chi connectivity index (χ1) is 12.5. The van der Waals surface area contributed by atoms with Gasteiger partial charge in [-0.1, -0.05) is 36.4 Å². The number of alkyl halides is 3. The van der Waals surface area contributed by atoms with Crippen LogP contribution in [0.3, 0.4) is 0 Å². The normalized spacial score (nSPS) is 14.4. The summed E-state index contributed by atoms with van der Waals surface area (Å²) in [6.07, 6.45) is -4.67. The molecule has 0 aliphatic heterocycles. The topological polar surface area (TPSA) is 75.3 Å². The maximum Gasteiger partial charge on any atom is 0.416 e. The van der Waals surface area contributed by atoms with Gasteiger partial charge in [0.25, 0.3) is 0 Å². The fourth-order valence-corrected chi connectivity index (χ4v) is 3.61. The third-order valence-electron chi connectivity index (χ3n) is 3.86. The highest BCUT2D eigenvalue weighted by atomic mass is 32.2. The Bertz CT molecular complexity index is 900. The van der Waals surface area contributed by atoms with Crippen LogP contribution >= 0.6 is 0 Å². The summed E-state index contributed by atoms with van der Waals surface area (Å²) in [5.41, 5.74) is -0.251. The minimum atomic E-state index is -4.67. The lowest BCUT2D eigenvalue weighted by molar-refractivity contribution is -0.137. The van der Waals surface area contributed by atoms with Gasteiger partial charge >= 0.3 is 6.18 Å². The van der Waals surface area contributed by atoms with E-state index in [0.717, 1.165) is 23.8 Å². The Morgan fingerprint density at radius 1 is 1.00 bits per heavy atom. The van der Waals surface area contributed by atoms with E-state index in [1.807, 2.05) is 18.2 Å². The highest BCUT2D eigenvalue weighted by molar-refractivity contribution is 7.89. The summed E-state index contributed by atoms with van der Waals surface area (Å²) >= 11 is 0. The lowest BCUT2D eigenvalue weighted by atomic mass is 10.1. The molecule has 9 heteroatoms. The second kappa shape index (κ2) is 8.10. The van der Waals surface area contributed by atoms with E-state index in [4.69, 9.17) is 0 Å². The summed E-state index contributed by atoms with van der Waals surface area (Å²) in [6, 6.07) is 10.9. The average molecular weight is 400 g/mol. The molecule has 2 unspecified atom stereocenters. The molecule has 0 aliphatic carbocycles. The SMILES string of the molecule is CC(NS(=O)(=O)c1cccc(C(F)(F)F)c1)C(=O)NC(C)c1ccccc1. The number of rotatable bonds is 6. The summed E-state index contributed by atoms with van der Waals surface area (Å²) in [5, 5.41) is 2.66. The molecule has 27 heavy (non-hydrogen) atoms. The van der Waals surface area contributed by atoms with Crippen LogP contribution in [0, 0.1) is 0 Å². The smallest absolute Gasteiger partial charge is 0.348 e. The van der Waals surface area contributed by atoms with E-state index in [1.165, 1.54) is 6.92 Å². The Balaban J connectivity index is 2.09. The predicted octanol–water partition coefficient (Wildman–Crippen LogP) is 3.25. The Hall–Kier alpha value is -2.39. The van der Waals surface area contributed by atoms with Crippen molar-refractivity contribution in [3.05, 3.63) is 65.7 Å². The van der Waals surface area contributed by atoms with Gasteiger partial charge < -0.3 is 5.32 Å². The lowest BCUT2D eigenvalue weighted by Gasteiger charge is -2.19. The molecule has 0 saturated heterocycles. The molecular weight excluding hydrogens is 381 g/mol. The molecule has 0 bridgehead atoms. The number of amides is 1. The van der Waals surface area contributed by atoms with Gasteiger partial charge in [-0.05, 0) is 37.6 Å². The van der Waals surface area contributed by atoms with Gasteiger partial charge in [0.1, 0.15) is 0 Å². The number of nitrogens with one attached hydrogen (secondary N) is 2. The first-order valence-corrected chi connectivity index (χ1v) is 9.54. The van der Waals surface area contributed by atoms with E-state index in [9.17, 15) is 26.4 Å². The molecule has 0 spiro atoms. The highest BCUT2D eigenvalue weighted by Gasteiger charge is 2.32. The van der Waals surface area contributed by atoms with Crippen molar-refractivity contribution < 1.29 is 26.4 Å². The van der Waals surface area contributed by atoms with Crippen LogP contribution in [-0.2, 0) is 21.0 Å². The van der Waals surface area contributed by atoms with Gasteiger partial charge in [-0.25, -0.2) is 8.42 Å². The van der Waals surface area contributed by atoms with Gasteiger partial charge in [0.2, 0.25) is 15.9 Å². The van der Waals surface area contributed by atoms with E-state index in [-0.39, 0.29) is 6.04 Å². The van der Waals surface area contributed by atoms with Crippen molar-refractivity contribution in [2.45, 2.75) is 37.0 Å². The van der Waals surface area contributed by atoms with Crippen LogP contribution in [0.25, 0.3) is 0 Å². The molecule has 0 fully saturated rings. The number of carbonyl (C=O) groups excluding carboxylic acids is 1. The monoisotopic (exact) mass is 400 g/mol. The fourth-order valence-electron chi connectivity index (χ4n) is 2.36. The Morgan fingerprint density at radius 3 is 2.22 bits per heavy atom. The van der Waals surface area contributed by atoms with Crippen molar-refractivity contribution in [2.24, 2.45) is 0 Å². The summed E-state index contributed by atoms with van der Waals surface area (Å²) in [7, 11) is -4.30. The Labute approximate surface area is 155 Å². The van der Waals surface area contributed by atoms with Crippen molar-refractivity contribution in [3.63, 3.8) is 0 Å². The molecule has 2 N–H and O–H groups in total. The highest BCUT2D eigenvalue weighted by Crippen LogP contribution is 2.30. The van der Waals surface area contributed by atoms with Crippen LogP contribution in [-0.4, -0.2) is 20.4 Å². The number of sulfonamides is 1. The number of halogens is 3. The molecule has 0 aromatic heterocycles. The van der Waals surface area contributed by atoms with Crippen molar-refractivity contribution >= 4 is 15.9 Å². The Morgan fingerprint density at radius 2 is 1.63 bits per heavy atom. The number of carbonyl (C=O) groups is 1. The zero-order valence-electron chi connectivity index (χ0n) is 14.6. The molecular formula is C18H19F3N2O3S. The fraction of sp³-hybridized carbons (Fsp3) is 0.278. The molecule has 0 radical (unpaired) electrons. The quantitative estimate of drug-likeness (QED) is 0.782. The van der Waals surface area contributed by atoms with Crippen molar-refractivity contribution in [2.75, 3.05) is 0 Å². The van der Waals surface area contributed by atoms with Crippen molar-refractivity contribution in [1.29, 1.82) is 0 Å². The zero-order chi connectivity index (χ0) is 20.2. The van der Waals surface area contributed by atoms with Crippen LogP contribution in [0.15, 0.2) is 59.5 Å². The van der Waals surface area contributed by atoms with Crippen molar-refractivity contribution in [3.8, 4) is 0 Å². The van der Waals surface area contributed by atoms with Gasteiger partial charge in [0.15, 0.2) is 0 Å². The van der Waals surface area contributed by atoms with E-state index >= 15 is 0 Å². The minimum Gasteiger partial charge on any atom is -0.348 e. The van der Waals surface area contributed by atoms with E-state index in [0.29, 0.717) is 6.07 Å². The molecule has 0 aliphatic rings. The number of hydrogen-bond donors (Lipinski definition) is 2. The maximum atomic E-state index is 12.8. The third-order valence-corrected chi connectivity index (χ3v) is 5.39.